The number of aryl methyl sites for hydroxylation is 1. The molecule has 0 bridgehead atoms. The van der Waals surface area contributed by atoms with Gasteiger partial charge in [-0.3, -0.25) is 9.59 Å². The fourth-order valence-corrected chi connectivity index (χ4v) is 2.17. The average Bonchev–Trinajstić information content (AvgIpc) is 3.23. The van der Waals surface area contributed by atoms with Crippen LogP contribution in [0.5, 0.6) is 5.75 Å². The molecule has 1 aliphatic rings. The summed E-state index contributed by atoms with van der Waals surface area (Å²) < 4.78 is 10.3. The zero-order valence-electron chi connectivity index (χ0n) is 12.4. The van der Waals surface area contributed by atoms with Gasteiger partial charge in [0, 0.05) is 12.6 Å². The molecule has 8 heteroatoms. The van der Waals surface area contributed by atoms with Gasteiger partial charge >= 0.3 is 5.97 Å². The van der Waals surface area contributed by atoms with E-state index >= 15 is 0 Å². The van der Waals surface area contributed by atoms with Crippen molar-refractivity contribution in [3.05, 3.63) is 36.0 Å². The first-order valence-electron chi connectivity index (χ1n) is 7.08. The summed E-state index contributed by atoms with van der Waals surface area (Å²) in [7, 11) is 0. The van der Waals surface area contributed by atoms with Crippen LogP contribution in [0.25, 0.3) is 0 Å². The SMILES string of the molecule is Cc1nc(COc2ccc(NC(=O)C3CC3C(=O)O)cc2)no1. The van der Waals surface area contributed by atoms with Gasteiger partial charge in [-0.05, 0) is 30.7 Å². The first kappa shape index (κ1) is 15.0. The lowest BCUT2D eigenvalue weighted by Gasteiger charge is -2.07. The highest BCUT2D eigenvalue weighted by Gasteiger charge is 2.48. The number of nitrogens with one attached hydrogen (secondary N) is 1. The lowest BCUT2D eigenvalue weighted by Crippen LogP contribution is -2.16. The molecule has 0 radical (unpaired) electrons. The van der Waals surface area contributed by atoms with E-state index in [0.717, 1.165) is 0 Å². The first-order valence-corrected chi connectivity index (χ1v) is 7.08. The maximum atomic E-state index is 11.9. The molecule has 1 fully saturated rings. The van der Waals surface area contributed by atoms with E-state index in [9.17, 15) is 9.59 Å². The van der Waals surface area contributed by atoms with Crippen molar-refractivity contribution < 1.29 is 24.0 Å². The molecule has 0 aliphatic heterocycles. The van der Waals surface area contributed by atoms with Crippen LogP contribution >= 0.6 is 0 Å². The minimum atomic E-state index is -0.925. The third kappa shape index (κ3) is 3.65. The number of ether oxygens (including phenoxy) is 1. The van der Waals surface area contributed by atoms with Gasteiger partial charge in [0.25, 0.3) is 0 Å². The third-order valence-corrected chi connectivity index (χ3v) is 3.50. The number of amides is 1. The van der Waals surface area contributed by atoms with E-state index < -0.39 is 17.8 Å². The second kappa shape index (κ2) is 6.07. The van der Waals surface area contributed by atoms with Crippen LogP contribution in [0, 0.1) is 18.8 Å². The molecule has 0 saturated heterocycles. The van der Waals surface area contributed by atoms with Gasteiger partial charge in [-0.2, -0.15) is 4.98 Å². The summed E-state index contributed by atoms with van der Waals surface area (Å²) in [5.74, 6) is -0.671. The van der Waals surface area contributed by atoms with Gasteiger partial charge in [0.15, 0.2) is 6.61 Å². The largest absolute Gasteiger partial charge is 0.485 e. The summed E-state index contributed by atoms with van der Waals surface area (Å²) in [6.45, 7) is 1.88. The smallest absolute Gasteiger partial charge is 0.307 e. The summed E-state index contributed by atoms with van der Waals surface area (Å²) in [5, 5.41) is 15.2. The molecule has 0 spiro atoms. The van der Waals surface area contributed by atoms with Crippen molar-refractivity contribution in [1.82, 2.24) is 10.1 Å². The number of hydrogen-bond acceptors (Lipinski definition) is 6. The fraction of sp³-hybridized carbons (Fsp3) is 0.333. The van der Waals surface area contributed by atoms with Crippen molar-refractivity contribution in [2.75, 3.05) is 5.32 Å². The van der Waals surface area contributed by atoms with Gasteiger partial charge in [-0.25, -0.2) is 0 Å². The van der Waals surface area contributed by atoms with E-state index in [1.807, 2.05) is 0 Å². The van der Waals surface area contributed by atoms with E-state index in [2.05, 4.69) is 15.5 Å². The maximum Gasteiger partial charge on any atom is 0.307 e. The Labute approximate surface area is 131 Å². The lowest BCUT2D eigenvalue weighted by molar-refractivity contribution is -0.139. The molecule has 2 aromatic rings. The predicted octanol–water partition coefficient (Wildman–Crippen LogP) is 1.62. The number of carboxylic acid groups (broad SMARTS) is 1. The van der Waals surface area contributed by atoms with Crippen molar-refractivity contribution >= 4 is 17.6 Å². The van der Waals surface area contributed by atoms with E-state index in [1.165, 1.54) is 0 Å². The van der Waals surface area contributed by atoms with Crippen molar-refractivity contribution in [3.8, 4) is 5.75 Å². The Morgan fingerprint density at radius 2 is 2.09 bits per heavy atom. The average molecular weight is 317 g/mol. The standard InChI is InChI=1S/C15H15N3O5/c1-8-16-13(18-23-8)7-22-10-4-2-9(3-5-10)17-14(19)11-6-12(11)15(20)21/h2-5,11-12H,6-7H2,1H3,(H,17,19)(H,20,21). The topological polar surface area (TPSA) is 115 Å². The number of aliphatic carboxylic acids is 1. The molecule has 1 aromatic carbocycles. The van der Waals surface area contributed by atoms with Crippen LogP contribution in [0.3, 0.4) is 0 Å². The van der Waals surface area contributed by atoms with Crippen LogP contribution in [-0.4, -0.2) is 27.1 Å². The molecule has 120 valence electrons. The second-order valence-electron chi connectivity index (χ2n) is 5.32. The van der Waals surface area contributed by atoms with Crippen LogP contribution in [-0.2, 0) is 16.2 Å². The zero-order chi connectivity index (χ0) is 16.4. The normalized spacial score (nSPS) is 19.2. The highest BCUT2D eigenvalue weighted by atomic mass is 16.5. The van der Waals surface area contributed by atoms with E-state index in [0.29, 0.717) is 29.6 Å². The molecule has 1 aromatic heterocycles. The number of anilines is 1. The summed E-state index contributed by atoms with van der Waals surface area (Å²) in [6.07, 6.45) is 0.395. The first-order chi connectivity index (χ1) is 11.0. The summed E-state index contributed by atoms with van der Waals surface area (Å²) >= 11 is 0. The molecular weight excluding hydrogens is 302 g/mol. The number of carbonyl (C=O) groups is 2. The Morgan fingerprint density at radius 1 is 1.35 bits per heavy atom. The molecule has 23 heavy (non-hydrogen) atoms. The molecule has 2 N–H and O–H groups in total. The Bertz CT molecular complexity index is 725. The van der Waals surface area contributed by atoms with Crippen LogP contribution in [0.4, 0.5) is 5.69 Å². The summed E-state index contributed by atoms with van der Waals surface area (Å²) in [4.78, 5) is 26.6. The molecular formula is C15H15N3O5. The van der Waals surface area contributed by atoms with E-state index in [-0.39, 0.29) is 12.5 Å². The lowest BCUT2D eigenvalue weighted by atomic mass is 10.2. The van der Waals surface area contributed by atoms with Crippen molar-refractivity contribution in [3.63, 3.8) is 0 Å². The van der Waals surface area contributed by atoms with Gasteiger partial charge in [0.05, 0.1) is 11.8 Å². The van der Waals surface area contributed by atoms with Crippen LogP contribution in [0.15, 0.2) is 28.8 Å². The number of hydrogen-bond donors (Lipinski definition) is 2. The molecule has 8 nitrogen and oxygen atoms in total. The zero-order valence-corrected chi connectivity index (χ0v) is 12.4. The Hall–Kier alpha value is -2.90. The van der Waals surface area contributed by atoms with Gasteiger partial charge in [-0.15, -0.1) is 0 Å². The number of benzene rings is 1. The van der Waals surface area contributed by atoms with E-state index in [4.69, 9.17) is 14.4 Å². The van der Waals surface area contributed by atoms with Crippen LogP contribution < -0.4 is 10.1 Å². The quantitative estimate of drug-likeness (QED) is 0.831. The minimum Gasteiger partial charge on any atom is -0.485 e. The van der Waals surface area contributed by atoms with E-state index in [1.54, 1.807) is 31.2 Å². The number of aromatic nitrogens is 2. The molecule has 3 rings (SSSR count). The Kier molecular flexibility index (Phi) is 3.96. The molecule has 1 saturated carbocycles. The number of nitrogens with zero attached hydrogens (tertiary/aromatic N) is 2. The van der Waals surface area contributed by atoms with Gasteiger partial charge in [0.2, 0.25) is 17.6 Å². The van der Waals surface area contributed by atoms with Crippen molar-refractivity contribution in [2.45, 2.75) is 20.0 Å². The number of rotatable bonds is 6. The van der Waals surface area contributed by atoms with Crippen molar-refractivity contribution in [1.29, 1.82) is 0 Å². The van der Waals surface area contributed by atoms with Crippen molar-refractivity contribution in [2.24, 2.45) is 11.8 Å². The molecule has 2 unspecified atom stereocenters. The molecule has 1 amide bonds. The fourth-order valence-electron chi connectivity index (χ4n) is 2.17. The van der Waals surface area contributed by atoms with Crippen LogP contribution in [0.2, 0.25) is 0 Å². The highest BCUT2D eigenvalue weighted by Crippen LogP contribution is 2.39. The summed E-state index contributed by atoms with van der Waals surface area (Å²) in [6, 6.07) is 6.77. The number of carbonyl (C=O) groups excluding carboxylic acids is 1. The Balaban J connectivity index is 1.51. The predicted molar refractivity (Wildman–Crippen MR) is 77.7 cm³/mol. The number of carboxylic acids is 1. The van der Waals surface area contributed by atoms with Gasteiger partial charge in [0.1, 0.15) is 5.75 Å². The monoisotopic (exact) mass is 317 g/mol. The molecule has 2 atom stereocenters. The maximum absolute atomic E-state index is 11.9. The second-order valence-corrected chi connectivity index (χ2v) is 5.32. The van der Waals surface area contributed by atoms with Gasteiger partial charge < -0.3 is 19.7 Å². The molecule has 1 aliphatic carbocycles. The Morgan fingerprint density at radius 3 is 2.65 bits per heavy atom. The third-order valence-electron chi connectivity index (χ3n) is 3.50. The molecule has 1 heterocycles. The highest BCUT2D eigenvalue weighted by molar-refractivity contribution is 5.98. The minimum absolute atomic E-state index is 0.186. The van der Waals surface area contributed by atoms with Gasteiger partial charge in [-0.1, -0.05) is 5.16 Å². The van der Waals surface area contributed by atoms with Crippen LogP contribution in [0.1, 0.15) is 18.1 Å². The summed E-state index contributed by atoms with van der Waals surface area (Å²) in [5.41, 5.74) is 0.591.